The number of esters is 1. The summed E-state index contributed by atoms with van der Waals surface area (Å²) in [5.74, 6) is -0.805. The second kappa shape index (κ2) is 14.3. The minimum atomic E-state index is -4.77. The standard InChI is InChI=1S/C28H34F6N2O3S/c1-4-6-7-17(5-2)16-38-24(37)12-13-40-23-11-9-19-20(25(23)29)8-10-21(19)35-26-22(39-27(30)31)14-18(15-36(26)3)28(32,33)34/h9,11,14-15,17,21,27H,4-8,10,12-13,16H2,1-3H3. The van der Waals surface area contributed by atoms with Gasteiger partial charge < -0.3 is 14.0 Å². The average Bonchev–Trinajstić information content (AvgIpc) is 3.30. The molecule has 0 radical (unpaired) electrons. The second-order valence-corrected chi connectivity index (χ2v) is 10.9. The van der Waals surface area contributed by atoms with Gasteiger partial charge in [-0.2, -0.15) is 22.0 Å². The molecule has 0 saturated carbocycles. The number of halogens is 6. The number of nitrogens with zero attached hydrogens (tertiary/aromatic N) is 2. The van der Waals surface area contributed by atoms with E-state index in [1.54, 1.807) is 12.1 Å². The summed E-state index contributed by atoms with van der Waals surface area (Å²) < 4.78 is 91.6. The summed E-state index contributed by atoms with van der Waals surface area (Å²) in [6, 6.07) is 3.08. The fourth-order valence-corrected chi connectivity index (χ4v) is 5.52. The number of aromatic nitrogens is 1. The van der Waals surface area contributed by atoms with Crippen molar-refractivity contribution < 1.29 is 40.6 Å². The lowest BCUT2D eigenvalue weighted by Gasteiger charge is -2.15. The van der Waals surface area contributed by atoms with E-state index >= 15 is 4.39 Å². The maximum absolute atomic E-state index is 15.3. The number of benzene rings is 1. The van der Waals surface area contributed by atoms with Crippen molar-refractivity contribution in [1.82, 2.24) is 4.57 Å². The van der Waals surface area contributed by atoms with Crippen LogP contribution in [0.4, 0.5) is 26.3 Å². The van der Waals surface area contributed by atoms with Crippen LogP contribution in [0.1, 0.15) is 75.1 Å². The van der Waals surface area contributed by atoms with Crippen LogP contribution >= 0.6 is 11.8 Å². The molecule has 0 saturated heterocycles. The SMILES string of the molecule is CCCCC(CC)COC(=O)CCSc1ccc2c(c1F)CCC2N=c1c(OC(F)F)cc(C(F)(F)F)cn1C. The molecule has 1 heterocycles. The lowest BCUT2D eigenvalue weighted by molar-refractivity contribution is -0.144. The highest BCUT2D eigenvalue weighted by Crippen LogP contribution is 2.39. The number of carbonyl (C=O) groups is 1. The van der Waals surface area contributed by atoms with Crippen LogP contribution in [0, 0.1) is 11.7 Å². The monoisotopic (exact) mass is 592 g/mol. The summed E-state index contributed by atoms with van der Waals surface area (Å²) in [5, 5.41) is 0. The van der Waals surface area contributed by atoms with Crippen LogP contribution in [0.25, 0.3) is 0 Å². The van der Waals surface area contributed by atoms with Gasteiger partial charge in [-0.3, -0.25) is 9.79 Å². The first-order chi connectivity index (χ1) is 18.9. The highest BCUT2D eigenvalue weighted by molar-refractivity contribution is 7.99. The van der Waals surface area contributed by atoms with Gasteiger partial charge in [0.2, 0.25) is 0 Å². The third-order valence-electron chi connectivity index (χ3n) is 6.85. The van der Waals surface area contributed by atoms with Gasteiger partial charge in [0.05, 0.1) is 24.6 Å². The van der Waals surface area contributed by atoms with Crippen LogP contribution in [0.5, 0.6) is 5.75 Å². The van der Waals surface area contributed by atoms with E-state index in [4.69, 9.17) is 4.74 Å². The molecule has 1 aromatic carbocycles. The van der Waals surface area contributed by atoms with Gasteiger partial charge in [-0.15, -0.1) is 11.8 Å². The maximum atomic E-state index is 15.3. The lowest BCUT2D eigenvalue weighted by Crippen LogP contribution is -2.25. The van der Waals surface area contributed by atoms with E-state index in [2.05, 4.69) is 23.6 Å². The first-order valence-corrected chi connectivity index (χ1v) is 14.3. The minimum absolute atomic E-state index is 0.140. The molecule has 0 fully saturated rings. The molecule has 2 atom stereocenters. The van der Waals surface area contributed by atoms with Crippen LogP contribution in [-0.2, 0) is 29.2 Å². The smallest absolute Gasteiger partial charge is 0.417 e. The third kappa shape index (κ3) is 8.44. The number of unbranched alkanes of at least 4 members (excludes halogenated alkanes) is 1. The van der Waals surface area contributed by atoms with E-state index < -0.39 is 36.0 Å². The molecule has 2 aromatic rings. The number of thioether (sulfide) groups is 1. The fraction of sp³-hybridized carbons (Fsp3) is 0.571. The van der Waals surface area contributed by atoms with Crippen LogP contribution in [-0.4, -0.2) is 29.5 Å². The van der Waals surface area contributed by atoms with Gasteiger partial charge in [0.15, 0.2) is 11.2 Å². The molecule has 3 rings (SSSR count). The molecule has 222 valence electrons. The van der Waals surface area contributed by atoms with Crippen molar-refractivity contribution in [3.63, 3.8) is 0 Å². The Morgan fingerprint density at radius 1 is 1.25 bits per heavy atom. The van der Waals surface area contributed by atoms with Gasteiger partial charge in [-0.1, -0.05) is 39.2 Å². The van der Waals surface area contributed by atoms with Crippen molar-refractivity contribution >= 4 is 17.7 Å². The summed E-state index contributed by atoms with van der Waals surface area (Å²) in [5.41, 5.74) is -0.422. The molecular formula is C28H34F6N2O3S. The zero-order chi connectivity index (χ0) is 29.4. The molecule has 12 heteroatoms. The molecule has 0 amide bonds. The Kier molecular flexibility index (Phi) is 11.4. The Balaban J connectivity index is 1.71. The van der Waals surface area contributed by atoms with Crippen LogP contribution in [0.2, 0.25) is 0 Å². The molecule has 40 heavy (non-hydrogen) atoms. The average molecular weight is 593 g/mol. The summed E-state index contributed by atoms with van der Waals surface area (Å²) in [4.78, 5) is 16.9. The Hall–Kier alpha value is -2.63. The number of hydrogen-bond acceptors (Lipinski definition) is 5. The van der Waals surface area contributed by atoms with Crippen molar-refractivity contribution in [2.24, 2.45) is 18.0 Å². The van der Waals surface area contributed by atoms with E-state index in [-0.39, 0.29) is 17.9 Å². The van der Waals surface area contributed by atoms with Crippen molar-refractivity contribution in [3.05, 3.63) is 52.4 Å². The van der Waals surface area contributed by atoms with E-state index in [0.717, 1.165) is 36.4 Å². The topological polar surface area (TPSA) is 52.8 Å². The van der Waals surface area contributed by atoms with Crippen molar-refractivity contribution in [3.8, 4) is 5.75 Å². The molecule has 5 nitrogen and oxygen atoms in total. The van der Waals surface area contributed by atoms with E-state index in [9.17, 15) is 26.7 Å². The molecule has 0 bridgehead atoms. The molecule has 1 aromatic heterocycles. The van der Waals surface area contributed by atoms with Gasteiger partial charge in [-0.05, 0) is 48.4 Å². The molecule has 2 unspecified atom stereocenters. The van der Waals surface area contributed by atoms with Gasteiger partial charge in [-0.25, -0.2) is 4.39 Å². The number of fused-ring (bicyclic) bond motifs is 1. The minimum Gasteiger partial charge on any atom is -0.465 e. The number of alkyl halides is 5. The summed E-state index contributed by atoms with van der Waals surface area (Å²) in [6.45, 7) is 1.22. The summed E-state index contributed by atoms with van der Waals surface area (Å²) >= 11 is 1.20. The quantitative estimate of drug-likeness (QED) is 0.137. The van der Waals surface area contributed by atoms with Crippen molar-refractivity contribution in [1.29, 1.82) is 0 Å². The Bertz CT molecular complexity index is 1230. The Labute approximate surface area is 234 Å². The molecule has 1 aliphatic carbocycles. The molecule has 1 aliphatic rings. The number of ether oxygens (including phenoxy) is 2. The fourth-order valence-electron chi connectivity index (χ4n) is 4.62. The number of pyridine rings is 1. The van der Waals surface area contributed by atoms with Gasteiger partial charge in [0.25, 0.3) is 0 Å². The number of rotatable bonds is 13. The van der Waals surface area contributed by atoms with E-state index in [1.165, 1.54) is 18.8 Å². The predicted molar refractivity (Wildman–Crippen MR) is 140 cm³/mol. The Morgan fingerprint density at radius 3 is 2.65 bits per heavy atom. The number of carbonyl (C=O) groups excluding carboxylic acids is 1. The van der Waals surface area contributed by atoms with E-state index in [0.29, 0.717) is 53.2 Å². The largest absolute Gasteiger partial charge is 0.465 e. The first-order valence-electron chi connectivity index (χ1n) is 13.3. The third-order valence-corrected chi connectivity index (χ3v) is 7.89. The van der Waals surface area contributed by atoms with E-state index in [1.807, 2.05) is 0 Å². The van der Waals surface area contributed by atoms with Crippen molar-refractivity contribution in [2.75, 3.05) is 12.4 Å². The summed E-state index contributed by atoms with van der Waals surface area (Å²) in [6.07, 6.45) is 0.905. The first kappa shape index (κ1) is 31.9. The van der Waals surface area contributed by atoms with Crippen LogP contribution in [0.15, 0.2) is 34.3 Å². The maximum Gasteiger partial charge on any atom is 0.417 e. The van der Waals surface area contributed by atoms with Crippen LogP contribution < -0.4 is 10.2 Å². The lowest BCUT2D eigenvalue weighted by atomic mass is 10.0. The van der Waals surface area contributed by atoms with Crippen molar-refractivity contribution in [2.45, 2.75) is 82.5 Å². The highest BCUT2D eigenvalue weighted by Gasteiger charge is 2.33. The number of hydrogen-bond donors (Lipinski definition) is 0. The van der Waals surface area contributed by atoms with Crippen LogP contribution in [0.3, 0.4) is 0 Å². The molecular weight excluding hydrogens is 558 g/mol. The van der Waals surface area contributed by atoms with Gasteiger partial charge in [0.1, 0.15) is 5.82 Å². The zero-order valence-electron chi connectivity index (χ0n) is 22.7. The molecule has 0 N–H and O–H groups in total. The Morgan fingerprint density at radius 2 is 2.00 bits per heavy atom. The summed E-state index contributed by atoms with van der Waals surface area (Å²) in [7, 11) is 1.25. The predicted octanol–water partition coefficient (Wildman–Crippen LogP) is 7.61. The molecule has 0 spiro atoms. The second-order valence-electron chi connectivity index (χ2n) is 9.73. The van der Waals surface area contributed by atoms with Gasteiger partial charge in [0, 0.05) is 23.9 Å². The highest BCUT2D eigenvalue weighted by atomic mass is 32.2. The normalized spacial score (nSPS) is 16.4. The number of aryl methyl sites for hydroxylation is 1. The van der Waals surface area contributed by atoms with Gasteiger partial charge >= 0.3 is 18.8 Å². The molecule has 0 aliphatic heterocycles. The zero-order valence-corrected chi connectivity index (χ0v) is 23.5.